The molecule has 10 N–H and O–H groups in total. The van der Waals surface area contributed by atoms with Gasteiger partial charge in [-0.15, -0.1) is 0 Å². The molecule has 0 fully saturated rings. The summed E-state index contributed by atoms with van der Waals surface area (Å²) in [5.41, 5.74) is 20.5. The summed E-state index contributed by atoms with van der Waals surface area (Å²) in [7, 11) is 1.60. The Balaban J connectivity index is 0. The minimum absolute atomic E-state index is 0.261. The Kier molecular flexibility index (Phi) is 21.2. The average Bonchev–Trinajstić information content (AvgIpc) is 2.21. The summed E-state index contributed by atoms with van der Waals surface area (Å²) < 4.78 is 4.61. The zero-order chi connectivity index (χ0) is 11.1. The molecule has 0 atom stereocenters. The summed E-state index contributed by atoms with van der Waals surface area (Å²) in [6.07, 6.45) is 0. The fourth-order valence-corrected chi connectivity index (χ4v) is 0.360. The van der Waals surface area contributed by atoms with Crippen molar-refractivity contribution < 1.29 is 9.57 Å². The van der Waals surface area contributed by atoms with E-state index in [1.54, 1.807) is 7.11 Å². The van der Waals surface area contributed by atoms with Crippen LogP contribution < -0.4 is 39.1 Å². The van der Waals surface area contributed by atoms with Gasteiger partial charge >= 0.3 is 0 Å². The molecule has 0 aromatic heterocycles. The van der Waals surface area contributed by atoms with Crippen molar-refractivity contribution in [1.82, 2.24) is 21.7 Å². The zero-order valence-electron chi connectivity index (χ0n) is 8.38. The first kappa shape index (κ1) is 16.1. The van der Waals surface area contributed by atoms with Gasteiger partial charge in [-0.1, -0.05) is 0 Å². The van der Waals surface area contributed by atoms with Crippen LogP contribution in [-0.2, 0) is 9.57 Å². The Morgan fingerprint density at radius 3 is 1.79 bits per heavy atom. The lowest BCUT2D eigenvalue weighted by Crippen LogP contribution is -2.38. The Morgan fingerprint density at radius 1 is 0.929 bits per heavy atom. The van der Waals surface area contributed by atoms with E-state index in [-0.39, 0.29) is 6.73 Å². The first-order valence-corrected chi connectivity index (χ1v) is 3.95. The first-order valence-electron chi connectivity index (χ1n) is 3.95. The quantitative estimate of drug-likeness (QED) is 0.123. The zero-order valence-corrected chi connectivity index (χ0v) is 8.38. The third-order valence-electron chi connectivity index (χ3n) is 0.826. The predicted octanol–water partition coefficient (Wildman–Crippen LogP) is -3.55. The normalized spacial score (nSPS) is 9.43. The van der Waals surface area contributed by atoms with Gasteiger partial charge in [-0.3, -0.25) is 4.84 Å². The lowest BCUT2D eigenvalue weighted by atomic mass is 11.2. The summed E-state index contributed by atoms with van der Waals surface area (Å²) in [5.74, 6) is 4.63. The monoisotopic (exact) mass is 211 g/mol. The summed E-state index contributed by atoms with van der Waals surface area (Å²) in [6.45, 7) is 1.53. The van der Waals surface area contributed by atoms with Crippen LogP contribution in [0.1, 0.15) is 0 Å². The highest BCUT2D eigenvalue weighted by Gasteiger charge is 1.74. The van der Waals surface area contributed by atoms with Gasteiger partial charge in [0.15, 0.2) is 0 Å². The highest BCUT2D eigenvalue weighted by molar-refractivity contribution is 4.20. The molecule has 0 aromatic carbocycles. The molecule has 0 amide bonds. The molecular formula is C5H21N7O2. The molecule has 0 unspecified atom stereocenters. The number of methoxy groups -OCH3 is 1. The van der Waals surface area contributed by atoms with E-state index in [1.165, 1.54) is 0 Å². The van der Waals surface area contributed by atoms with Crippen molar-refractivity contribution in [3.63, 3.8) is 0 Å². The van der Waals surface area contributed by atoms with E-state index >= 15 is 0 Å². The maximum absolute atomic E-state index is 5.04. The molecule has 0 aliphatic rings. The van der Waals surface area contributed by atoms with Gasteiger partial charge in [0, 0.05) is 7.11 Å². The molecular weight excluding hydrogens is 190 g/mol. The Hall–Kier alpha value is -0.360. The third kappa shape index (κ3) is 22.6. The SMILES string of the molecule is COCNNCN.NCNNCON. The fourth-order valence-electron chi connectivity index (χ4n) is 0.360. The molecule has 14 heavy (non-hydrogen) atoms. The second-order valence-electron chi connectivity index (χ2n) is 1.86. The van der Waals surface area contributed by atoms with Crippen LogP contribution in [0.15, 0.2) is 0 Å². The van der Waals surface area contributed by atoms with Gasteiger partial charge in [-0.05, 0) is 0 Å². The van der Waals surface area contributed by atoms with Crippen LogP contribution in [0.4, 0.5) is 0 Å². The van der Waals surface area contributed by atoms with Crippen LogP contribution in [0.25, 0.3) is 0 Å². The third-order valence-corrected chi connectivity index (χ3v) is 0.826. The van der Waals surface area contributed by atoms with Crippen molar-refractivity contribution in [2.75, 3.05) is 33.9 Å². The molecule has 0 radical (unpaired) electrons. The van der Waals surface area contributed by atoms with Gasteiger partial charge in [0.2, 0.25) is 0 Å². The van der Waals surface area contributed by atoms with Crippen LogP contribution in [0.5, 0.6) is 0 Å². The topological polar surface area (TPSA) is 145 Å². The fraction of sp³-hybridized carbons (Fsp3) is 1.00. The Labute approximate surface area is 83.5 Å². The van der Waals surface area contributed by atoms with Gasteiger partial charge < -0.3 is 16.2 Å². The van der Waals surface area contributed by atoms with E-state index in [2.05, 4.69) is 37.2 Å². The molecule has 0 heterocycles. The van der Waals surface area contributed by atoms with Crippen molar-refractivity contribution in [1.29, 1.82) is 0 Å². The minimum atomic E-state index is 0.261. The van der Waals surface area contributed by atoms with Gasteiger partial charge in [0.25, 0.3) is 0 Å². The second kappa shape index (κ2) is 18.4. The summed E-state index contributed by atoms with van der Waals surface area (Å²) in [4.78, 5) is 4.11. The van der Waals surface area contributed by atoms with Crippen LogP contribution in [0, 0.1) is 0 Å². The largest absolute Gasteiger partial charge is 0.368 e. The highest BCUT2D eigenvalue weighted by atomic mass is 16.6. The maximum Gasteiger partial charge on any atom is 0.130 e. The van der Waals surface area contributed by atoms with Crippen molar-refractivity contribution >= 4 is 0 Å². The number of hydrogen-bond acceptors (Lipinski definition) is 9. The molecule has 0 rings (SSSR count). The van der Waals surface area contributed by atoms with Crippen molar-refractivity contribution in [2.45, 2.75) is 0 Å². The first-order chi connectivity index (χ1) is 6.83. The molecule has 0 aliphatic carbocycles. The molecule has 0 aromatic rings. The van der Waals surface area contributed by atoms with Crippen molar-refractivity contribution in [3.05, 3.63) is 0 Å². The molecule has 0 spiro atoms. The number of nitrogens with two attached hydrogens (primary N) is 3. The lowest BCUT2D eigenvalue weighted by molar-refractivity contribution is 0.109. The van der Waals surface area contributed by atoms with Crippen molar-refractivity contribution in [3.8, 4) is 0 Å². The lowest BCUT2D eigenvalue weighted by Gasteiger charge is -1.99. The summed E-state index contributed by atoms with van der Waals surface area (Å²) in [5, 5.41) is 0. The number of hydrogen-bond donors (Lipinski definition) is 7. The summed E-state index contributed by atoms with van der Waals surface area (Å²) in [6, 6.07) is 0. The van der Waals surface area contributed by atoms with E-state index < -0.39 is 0 Å². The molecule has 9 nitrogen and oxygen atoms in total. The molecule has 0 aliphatic heterocycles. The smallest absolute Gasteiger partial charge is 0.130 e. The summed E-state index contributed by atoms with van der Waals surface area (Å²) >= 11 is 0. The molecule has 0 saturated carbocycles. The molecule has 9 heteroatoms. The van der Waals surface area contributed by atoms with Gasteiger partial charge in [-0.25, -0.2) is 27.6 Å². The standard InChI is InChI=1S/C3H11N3O.C2H10N4O/c1-7-3-6-5-2-4;3-1-5-6-2-7-4/h5-6H,2-4H2,1H3;5-6H,1-4H2. The highest BCUT2D eigenvalue weighted by Crippen LogP contribution is 1.50. The Bertz CT molecular complexity index is 68.5. The van der Waals surface area contributed by atoms with Crippen LogP contribution >= 0.6 is 0 Å². The van der Waals surface area contributed by atoms with Gasteiger partial charge in [-0.2, -0.15) is 0 Å². The van der Waals surface area contributed by atoms with E-state index in [9.17, 15) is 0 Å². The minimum Gasteiger partial charge on any atom is -0.368 e. The van der Waals surface area contributed by atoms with Crippen LogP contribution in [-0.4, -0.2) is 33.9 Å². The van der Waals surface area contributed by atoms with Crippen molar-refractivity contribution in [2.24, 2.45) is 17.4 Å². The molecule has 0 saturated heterocycles. The second-order valence-corrected chi connectivity index (χ2v) is 1.86. The maximum atomic E-state index is 5.04. The van der Waals surface area contributed by atoms with E-state index in [0.29, 0.717) is 20.1 Å². The van der Waals surface area contributed by atoms with Gasteiger partial charge in [0.05, 0.1) is 13.3 Å². The van der Waals surface area contributed by atoms with Gasteiger partial charge in [0.1, 0.15) is 13.5 Å². The average molecular weight is 211 g/mol. The molecule has 0 bridgehead atoms. The number of nitrogens with one attached hydrogen (secondary N) is 4. The molecule has 88 valence electrons. The number of ether oxygens (including phenoxy) is 1. The predicted molar refractivity (Wildman–Crippen MR) is 52.7 cm³/mol. The number of hydrazine groups is 2. The van der Waals surface area contributed by atoms with E-state index in [1.807, 2.05) is 0 Å². The van der Waals surface area contributed by atoms with E-state index in [0.717, 1.165) is 0 Å². The van der Waals surface area contributed by atoms with Crippen LogP contribution in [0.3, 0.4) is 0 Å². The Morgan fingerprint density at radius 2 is 1.43 bits per heavy atom. The van der Waals surface area contributed by atoms with Crippen LogP contribution in [0.2, 0.25) is 0 Å². The number of rotatable bonds is 8. The van der Waals surface area contributed by atoms with E-state index in [4.69, 9.17) is 11.5 Å².